The van der Waals surface area contributed by atoms with Gasteiger partial charge in [0.1, 0.15) is 5.75 Å². The summed E-state index contributed by atoms with van der Waals surface area (Å²) in [7, 11) is 2.87. The number of methoxy groups -OCH3 is 2. The van der Waals surface area contributed by atoms with E-state index in [4.69, 9.17) is 14.2 Å². The van der Waals surface area contributed by atoms with E-state index in [2.05, 4.69) is 10.5 Å². The van der Waals surface area contributed by atoms with E-state index < -0.39 is 27.1 Å². The minimum Gasteiger partial charge on any atom is -0.497 e. The maximum atomic E-state index is 12.2. The maximum absolute atomic E-state index is 12.2. The number of ether oxygens (including phenoxy) is 3. The summed E-state index contributed by atoms with van der Waals surface area (Å²) in [5.41, 5.74) is 2.29. The van der Waals surface area contributed by atoms with Crippen molar-refractivity contribution < 1.29 is 28.9 Å². The van der Waals surface area contributed by atoms with Crippen LogP contribution in [0.1, 0.15) is 15.9 Å². The van der Waals surface area contributed by atoms with Crippen molar-refractivity contribution in [1.82, 2.24) is 5.43 Å². The van der Waals surface area contributed by atoms with Crippen molar-refractivity contribution in [3.63, 3.8) is 0 Å². The molecular formula is C22H18N4O8. The van der Waals surface area contributed by atoms with Crippen LogP contribution in [0.5, 0.6) is 23.0 Å². The van der Waals surface area contributed by atoms with Gasteiger partial charge in [-0.3, -0.25) is 25.0 Å². The Bertz CT molecular complexity index is 1280. The molecule has 0 radical (unpaired) electrons. The topological polar surface area (TPSA) is 155 Å². The molecule has 1 amide bonds. The van der Waals surface area contributed by atoms with Gasteiger partial charge in [0.25, 0.3) is 11.6 Å². The maximum Gasteiger partial charge on any atom is 0.318 e. The Morgan fingerprint density at radius 3 is 2.35 bits per heavy atom. The SMILES string of the molecule is COc1cccc(C(=O)NN=Cc2ccc(Oc3ccc([N+](=O)[O-])cc3[N+](=O)[O-])c(OC)c2)c1. The molecular weight excluding hydrogens is 448 g/mol. The Labute approximate surface area is 192 Å². The third-order valence-electron chi connectivity index (χ3n) is 4.47. The van der Waals surface area contributed by atoms with Crippen molar-refractivity contribution in [2.24, 2.45) is 5.10 Å². The van der Waals surface area contributed by atoms with E-state index in [-0.39, 0.29) is 17.2 Å². The Kier molecular flexibility index (Phi) is 7.34. The van der Waals surface area contributed by atoms with Crippen LogP contribution >= 0.6 is 0 Å². The van der Waals surface area contributed by atoms with Crippen molar-refractivity contribution >= 4 is 23.5 Å². The number of nitro benzene ring substituents is 2. The average molecular weight is 466 g/mol. The van der Waals surface area contributed by atoms with E-state index in [9.17, 15) is 25.0 Å². The molecule has 34 heavy (non-hydrogen) atoms. The fraction of sp³-hybridized carbons (Fsp3) is 0.0909. The molecule has 174 valence electrons. The van der Waals surface area contributed by atoms with Crippen LogP contribution in [-0.4, -0.2) is 36.2 Å². The fourth-order valence-electron chi connectivity index (χ4n) is 2.81. The predicted molar refractivity (Wildman–Crippen MR) is 121 cm³/mol. The lowest BCUT2D eigenvalue weighted by molar-refractivity contribution is -0.394. The normalized spacial score (nSPS) is 10.5. The number of non-ortho nitro benzene ring substituents is 1. The highest BCUT2D eigenvalue weighted by atomic mass is 16.6. The Balaban J connectivity index is 1.76. The summed E-state index contributed by atoms with van der Waals surface area (Å²) in [6.45, 7) is 0. The number of carbonyl (C=O) groups is 1. The molecule has 0 saturated carbocycles. The molecule has 0 atom stereocenters. The smallest absolute Gasteiger partial charge is 0.318 e. The van der Waals surface area contributed by atoms with E-state index in [1.54, 1.807) is 30.3 Å². The van der Waals surface area contributed by atoms with Crippen LogP contribution in [0.25, 0.3) is 0 Å². The molecule has 0 aliphatic carbocycles. The largest absolute Gasteiger partial charge is 0.497 e. The number of nitrogens with zero attached hydrogens (tertiary/aromatic N) is 3. The number of amides is 1. The van der Waals surface area contributed by atoms with Crippen LogP contribution in [-0.2, 0) is 0 Å². The average Bonchev–Trinajstić information content (AvgIpc) is 2.84. The predicted octanol–water partition coefficient (Wildman–Crippen LogP) is 4.08. The number of nitrogens with one attached hydrogen (secondary N) is 1. The van der Waals surface area contributed by atoms with E-state index in [1.165, 1.54) is 32.6 Å². The van der Waals surface area contributed by atoms with Crippen molar-refractivity contribution in [3.8, 4) is 23.0 Å². The highest BCUT2D eigenvalue weighted by molar-refractivity contribution is 5.95. The lowest BCUT2D eigenvalue weighted by atomic mass is 10.2. The van der Waals surface area contributed by atoms with E-state index >= 15 is 0 Å². The molecule has 0 fully saturated rings. The third-order valence-corrected chi connectivity index (χ3v) is 4.47. The van der Waals surface area contributed by atoms with Crippen molar-refractivity contribution in [3.05, 3.63) is 92.0 Å². The fourth-order valence-corrected chi connectivity index (χ4v) is 2.81. The first-order chi connectivity index (χ1) is 16.3. The number of rotatable bonds is 9. The highest BCUT2D eigenvalue weighted by Crippen LogP contribution is 2.38. The minimum absolute atomic E-state index is 0.136. The van der Waals surface area contributed by atoms with Gasteiger partial charge >= 0.3 is 5.69 Å². The van der Waals surface area contributed by atoms with Gasteiger partial charge in [-0.2, -0.15) is 5.10 Å². The van der Waals surface area contributed by atoms with Gasteiger partial charge < -0.3 is 14.2 Å². The molecule has 0 spiro atoms. The minimum atomic E-state index is -0.777. The number of hydrogen-bond donors (Lipinski definition) is 1. The molecule has 0 bridgehead atoms. The summed E-state index contributed by atoms with van der Waals surface area (Å²) in [6.07, 6.45) is 1.37. The van der Waals surface area contributed by atoms with Crippen LogP contribution in [0.4, 0.5) is 11.4 Å². The van der Waals surface area contributed by atoms with Gasteiger partial charge in [0.15, 0.2) is 11.5 Å². The summed E-state index contributed by atoms with van der Waals surface area (Å²) in [5, 5.41) is 26.1. The summed E-state index contributed by atoms with van der Waals surface area (Å²) in [6, 6.07) is 14.2. The third kappa shape index (κ3) is 5.62. The van der Waals surface area contributed by atoms with Crippen LogP contribution in [0, 0.1) is 20.2 Å². The summed E-state index contributed by atoms with van der Waals surface area (Å²) in [5.74, 6) is 0.256. The quantitative estimate of drug-likeness (QED) is 0.281. The summed E-state index contributed by atoms with van der Waals surface area (Å²) < 4.78 is 15.9. The molecule has 3 rings (SSSR count). The van der Waals surface area contributed by atoms with Crippen LogP contribution < -0.4 is 19.6 Å². The second-order valence-corrected chi connectivity index (χ2v) is 6.61. The molecule has 0 saturated heterocycles. The lowest BCUT2D eigenvalue weighted by Crippen LogP contribution is -2.17. The first kappa shape index (κ1) is 23.7. The number of nitro groups is 2. The van der Waals surface area contributed by atoms with Gasteiger partial charge in [0, 0.05) is 11.6 Å². The van der Waals surface area contributed by atoms with Gasteiger partial charge in [0.05, 0.1) is 36.3 Å². The zero-order chi connectivity index (χ0) is 24.7. The lowest BCUT2D eigenvalue weighted by Gasteiger charge is -2.11. The van der Waals surface area contributed by atoms with Gasteiger partial charge in [0.2, 0.25) is 5.75 Å². The van der Waals surface area contributed by atoms with Gasteiger partial charge in [-0.1, -0.05) is 6.07 Å². The number of hydrazone groups is 1. The molecule has 0 heterocycles. The second kappa shape index (κ2) is 10.5. The Hall–Kier alpha value is -5.00. The van der Waals surface area contributed by atoms with Crippen LogP contribution in [0.3, 0.4) is 0 Å². The first-order valence-electron chi connectivity index (χ1n) is 9.58. The molecule has 0 aliphatic heterocycles. The molecule has 1 N–H and O–H groups in total. The number of benzene rings is 3. The summed E-state index contributed by atoms with van der Waals surface area (Å²) in [4.78, 5) is 32.9. The Morgan fingerprint density at radius 2 is 1.68 bits per heavy atom. The standard InChI is InChI=1S/C22H18N4O8/c1-32-17-5-3-4-15(11-17)22(27)24-23-13-14-6-8-20(21(10-14)33-2)34-19-9-7-16(25(28)29)12-18(19)26(30)31/h3-13H,1-2H3,(H,24,27). The second-order valence-electron chi connectivity index (χ2n) is 6.61. The van der Waals surface area contributed by atoms with Crippen LogP contribution in [0.15, 0.2) is 65.8 Å². The van der Waals surface area contributed by atoms with Crippen LogP contribution in [0.2, 0.25) is 0 Å². The Morgan fingerprint density at radius 1 is 0.912 bits per heavy atom. The van der Waals surface area contributed by atoms with Crippen molar-refractivity contribution in [2.75, 3.05) is 14.2 Å². The van der Waals surface area contributed by atoms with Crippen molar-refractivity contribution in [1.29, 1.82) is 0 Å². The number of carbonyl (C=O) groups excluding carboxylic acids is 1. The van der Waals surface area contributed by atoms with E-state index in [0.29, 0.717) is 16.9 Å². The zero-order valence-corrected chi connectivity index (χ0v) is 18.0. The molecule has 0 aromatic heterocycles. The highest BCUT2D eigenvalue weighted by Gasteiger charge is 2.22. The summed E-state index contributed by atoms with van der Waals surface area (Å²) >= 11 is 0. The van der Waals surface area contributed by atoms with Gasteiger partial charge in [-0.15, -0.1) is 0 Å². The van der Waals surface area contributed by atoms with E-state index in [1.807, 2.05) is 0 Å². The first-order valence-corrected chi connectivity index (χ1v) is 9.58. The molecule has 12 nitrogen and oxygen atoms in total. The number of hydrogen-bond acceptors (Lipinski definition) is 9. The molecule has 3 aromatic carbocycles. The zero-order valence-electron chi connectivity index (χ0n) is 18.0. The molecule has 0 unspecified atom stereocenters. The molecule has 0 aliphatic rings. The monoisotopic (exact) mass is 466 g/mol. The molecule has 12 heteroatoms. The molecule has 3 aromatic rings. The van der Waals surface area contributed by atoms with Gasteiger partial charge in [-0.05, 0) is 48.0 Å². The van der Waals surface area contributed by atoms with Crippen molar-refractivity contribution in [2.45, 2.75) is 0 Å². The van der Waals surface area contributed by atoms with Gasteiger partial charge in [-0.25, -0.2) is 5.43 Å². The van der Waals surface area contributed by atoms with E-state index in [0.717, 1.165) is 18.2 Å².